The van der Waals surface area contributed by atoms with E-state index in [0.29, 0.717) is 22.3 Å². The van der Waals surface area contributed by atoms with Crippen LogP contribution >= 0.6 is 22.9 Å². The zero-order valence-corrected chi connectivity index (χ0v) is 19.6. The summed E-state index contributed by atoms with van der Waals surface area (Å²) < 4.78 is 10.7. The van der Waals surface area contributed by atoms with Crippen LogP contribution in [-0.2, 0) is 4.74 Å². The van der Waals surface area contributed by atoms with Gasteiger partial charge >= 0.3 is 0 Å². The van der Waals surface area contributed by atoms with Crippen LogP contribution in [0.4, 0.5) is 5.13 Å². The van der Waals surface area contributed by atoms with Gasteiger partial charge in [0.1, 0.15) is 5.75 Å². The summed E-state index contributed by atoms with van der Waals surface area (Å²) in [5.74, 6) is 0.728. The second kappa shape index (κ2) is 10.9. The Bertz CT molecular complexity index is 1020. The van der Waals surface area contributed by atoms with Crippen molar-refractivity contribution >= 4 is 34.0 Å². The minimum atomic E-state index is -0.0701. The largest absolute Gasteiger partial charge is 0.497 e. The molecule has 4 rings (SSSR count). The van der Waals surface area contributed by atoms with Crippen LogP contribution in [0.5, 0.6) is 5.75 Å². The highest BCUT2D eigenvalue weighted by molar-refractivity contribution is 7.14. The van der Waals surface area contributed by atoms with E-state index in [4.69, 9.17) is 26.1 Å². The summed E-state index contributed by atoms with van der Waals surface area (Å²) in [7, 11) is 1.65. The minimum absolute atomic E-state index is 0.0701. The van der Waals surface area contributed by atoms with Crippen molar-refractivity contribution in [2.45, 2.75) is 6.42 Å². The fourth-order valence-corrected chi connectivity index (χ4v) is 4.58. The molecule has 1 fully saturated rings. The van der Waals surface area contributed by atoms with Gasteiger partial charge < -0.3 is 9.47 Å². The number of benzene rings is 2. The van der Waals surface area contributed by atoms with E-state index >= 15 is 0 Å². The van der Waals surface area contributed by atoms with Gasteiger partial charge in [-0.25, -0.2) is 4.98 Å². The molecule has 8 heteroatoms. The summed E-state index contributed by atoms with van der Waals surface area (Å²) in [5.41, 5.74) is 2.43. The van der Waals surface area contributed by atoms with Crippen LogP contribution in [0.1, 0.15) is 16.8 Å². The van der Waals surface area contributed by atoms with E-state index in [9.17, 15) is 4.79 Å². The molecule has 3 aromatic rings. The maximum atomic E-state index is 13.4. The van der Waals surface area contributed by atoms with Crippen LogP contribution in [0.25, 0.3) is 11.3 Å². The molecule has 1 aliphatic heterocycles. The number of hydrogen-bond acceptors (Lipinski definition) is 6. The second-order valence-corrected chi connectivity index (χ2v) is 8.79. The number of amides is 1. The van der Waals surface area contributed by atoms with Crippen molar-refractivity contribution in [2.24, 2.45) is 0 Å². The molecule has 1 aliphatic rings. The van der Waals surface area contributed by atoms with E-state index in [2.05, 4.69) is 4.90 Å². The molecule has 1 aromatic heterocycles. The summed E-state index contributed by atoms with van der Waals surface area (Å²) in [4.78, 5) is 22.3. The number of hydrogen-bond donors (Lipinski definition) is 0. The van der Waals surface area contributed by atoms with E-state index in [1.165, 1.54) is 11.3 Å². The van der Waals surface area contributed by atoms with Crippen molar-refractivity contribution in [3.63, 3.8) is 0 Å². The van der Waals surface area contributed by atoms with Gasteiger partial charge in [-0.3, -0.25) is 14.6 Å². The first-order valence-electron chi connectivity index (χ1n) is 10.6. The smallest absolute Gasteiger partial charge is 0.260 e. The number of carbonyl (C=O) groups excluding carboxylic acids is 1. The molecule has 2 aromatic carbocycles. The molecule has 168 valence electrons. The third kappa shape index (κ3) is 5.66. The number of thiazole rings is 1. The standard InChI is InChI=1S/C24H26ClN3O3S/c1-30-21-9-5-18(6-10-21)22-17-32-24(26-22)28(12-2-11-27-13-15-31-16-14-27)23(29)19-3-7-20(25)8-4-19/h3-10,17H,2,11-16H2,1H3. The number of halogens is 1. The predicted molar refractivity (Wildman–Crippen MR) is 129 cm³/mol. The zero-order chi connectivity index (χ0) is 22.3. The van der Waals surface area contributed by atoms with Crippen molar-refractivity contribution in [2.75, 3.05) is 51.4 Å². The molecule has 0 atom stereocenters. The van der Waals surface area contributed by atoms with E-state index in [1.807, 2.05) is 29.6 Å². The van der Waals surface area contributed by atoms with Gasteiger partial charge in [-0.15, -0.1) is 11.3 Å². The Hall–Kier alpha value is -2.45. The Morgan fingerprint density at radius 2 is 1.88 bits per heavy atom. The highest BCUT2D eigenvalue weighted by atomic mass is 35.5. The molecule has 32 heavy (non-hydrogen) atoms. The van der Waals surface area contributed by atoms with Gasteiger partial charge in [0.2, 0.25) is 0 Å². The first kappa shape index (κ1) is 22.7. The molecule has 0 saturated carbocycles. The van der Waals surface area contributed by atoms with Crippen molar-refractivity contribution in [1.82, 2.24) is 9.88 Å². The van der Waals surface area contributed by atoms with Crippen molar-refractivity contribution < 1.29 is 14.3 Å². The lowest BCUT2D eigenvalue weighted by molar-refractivity contribution is 0.0376. The summed E-state index contributed by atoms with van der Waals surface area (Å²) in [6, 6.07) is 14.8. The average Bonchev–Trinajstić information content (AvgIpc) is 3.32. The van der Waals surface area contributed by atoms with Crippen molar-refractivity contribution in [3.05, 3.63) is 64.5 Å². The molecule has 0 spiro atoms. The highest BCUT2D eigenvalue weighted by Crippen LogP contribution is 2.30. The van der Waals surface area contributed by atoms with Crippen LogP contribution in [0.3, 0.4) is 0 Å². The Balaban J connectivity index is 1.52. The van der Waals surface area contributed by atoms with Crippen LogP contribution in [0.2, 0.25) is 5.02 Å². The lowest BCUT2D eigenvalue weighted by Gasteiger charge is -2.27. The maximum absolute atomic E-state index is 13.4. The number of anilines is 1. The van der Waals surface area contributed by atoms with Crippen LogP contribution in [-0.4, -0.2) is 62.3 Å². The minimum Gasteiger partial charge on any atom is -0.497 e. The molecule has 1 saturated heterocycles. The van der Waals surface area contributed by atoms with Crippen LogP contribution in [0.15, 0.2) is 53.9 Å². The zero-order valence-electron chi connectivity index (χ0n) is 18.0. The van der Waals surface area contributed by atoms with Crippen LogP contribution < -0.4 is 9.64 Å². The normalized spacial score (nSPS) is 14.3. The number of ether oxygens (including phenoxy) is 2. The molecule has 0 N–H and O–H groups in total. The van der Waals surface area contributed by atoms with Crippen molar-refractivity contribution in [1.29, 1.82) is 0 Å². The molecule has 2 heterocycles. The lowest BCUT2D eigenvalue weighted by atomic mass is 10.2. The van der Waals surface area contributed by atoms with Gasteiger partial charge in [0, 0.05) is 47.7 Å². The van der Waals surface area contributed by atoms with Gasteiger partial charge in [-0.2, -0.15) is 0 Å². The fourth-order valence-electron chi connectivity index (χ4n) is 3.59. The molecule has 1 amide bonds. The number of methoxy groups -OCH3 is 1. The van der Waals surface area contributed by atoms with Gasteiger partial charge in [0.15, 0.2) is 5.13 Å². The molecule has 0 bridgehead atoms. The Kier molecular flexibility index (Phi) is 7.76. The van der Waals surface area contributed by atoms with Gasteiger partial charge in [0.25, 0.3) is 5.91 Å². The number of morpholine rings is 1. The quantitative estimate of drug-likeness (QED) is 0.470. The molecule has 0 unspecified atom stereocenters. The fraction of sp³-hybridized carbons (Fsp3) is 0.333. The Morgan fingerprint density at radius 3 is 2.56 bits per heavy atom. The van der Waals surface area contributed by atoms with Gasteiger partial charge in [-0.05, 0) is 55.0 Å². The number of rotatable bonds is 8. The third-order valence-electron chi connectivity index (χ3n) is 5.40. The summed E-state index contributed by atoms with van der Waals surface area (Å²) in [6.07, 6.45) is 0.858. The topological polar surface area (TPSA) is 54.9 Å². The molecule has 0 radical (unpaired) electrons. The summed E-state index contributed by atoms with van der Waals surface area (Å²) in [5, 5.41) is 3.29. The molecule has 0 aliphatic carbocycles. The predicted octanol–water partition coefficient (Wildman–Crippen LogP) is 4.84. The number of aromatic nitrogens is 1. The second-order valence-electron chi connectivity index (χ2n) is 7.52. The summed E-state index contributed by atoms with van der Waals surface area (Å²) in [6.45, 7) is 4.92. The SMILES string of the molecule is COc1ccc(-c2csc(N(CCCN3CCOCC3)C(=O)c3ccc(Cl)cc3)n2)cc1. The van der Waals surface area contributed by atoms with E-state index in [1.54, 1.807) is 36.3 Å². The Labute approximate surface area is 197 Å². The maximum Gasteiger partial charge on any atom is 0.260 e. The van der Waals surface area contributed by atoms with E-state index in [-0.39, 0.29) is 5.91 Å². The highest BCUT2D eigenvalue weighted by Gasteiger charge is 2.22. The van der Waals surface area contributed by atoms with E-state index < -0.39 is 0 Å². The molecular formula is C24H26ClN3O3S. The summed E-state index contributed by atoms with van der Waals surface area (Å²) >= 11 is 7.49. The first-order chi connectivity index (χ1) is 15.6. The van der Waals surface area contributed by atoms with Crippen LogP contribution in [0, 0.1) is 0 Å². The number of nitrogens with zero attached hydrogens (tertiary/aromatic N) is 3. The molecule has 6 nitrogen and oxygen atoms in total. The van der Waals surface area contributed by atoms with E-state index in [0.717, 1.165) is 56.3 Å². The van der Waals surface area contributed by atoms with Gasteiger partial charge in [-0.1, -0.05) is 11.6 Å². The lowest BCUT2D eigenvalue weighted by Crippen LogP contribution is -2.39. The average molecular weight is 472 g/mol. The first-order valence-corrected chi connectivity index (χ1v) is 11.9. The van der Waals surface area contributed by atoms with Crippen molar-refractivity contribution in [3.8, 4) is 17.0 Å². The third-order valence-corrected chi connectivity index (χ3v) is 6.52. The Morgan fingerprint density at radius 1 is 1.16 bits per heavy atom. The monoisotopic (exact) mass is 471 g/mol. The van der Waals surface area contributed by atoms with Gasteiger partial charge in [0.05, 0.1) is 26.0 Å². The molecular weight excluding hydrogens is 446 g/mol. The number of carbonyl (C=O) groups is 1.